The van der Waals surface area contributed by atoms with E-state index in [0.29, 0.717) is 36.9 Å². The number of likely N-dealkylation sites (tertiary alicyclic amines) is 1. The predicted molar refractivity (Wildman–Crippen MR) is 136 cm³/mol. The summed E-state index contributed by atoms with van der Waals surface area (Å²) >= 11 is 0. The smallest absolute Gasteiger partial charge is 0.261 e. The molecule has 1 fully saturated rings. The molecule has 7 nitrogen and oxygen atoms in total. The monoisotopic (exact) mass is 484 g/mol. The maximum atomic E-state index is 12.7. The molecule has 5 rings (SSSR count). The van der Waals surface area contributed by atoms with Gasteiger partial charge in [-0.05, 0) is 81.5 Å². The van der Waals surface area contributed by atoms with Crippen molar-refractivity contribution < 1.29 is 14.7 Å². The van der Waals surface area contributed by atoms with Crippen molar-refractivity contribution in [1.29, 1.82) is 0 Å². The lowest BCUT2D eigenvalue weighted by Crippen LogP contribution is -2.43. The molecule has 186 valence electrons. The van der Waals surface area contributed by atoms with E-state index in [1.54, 1.807) is 24.3 Å². The summed E-state index contributed by atoms with van der Waals surface area (Å²) in [4.78, 5) is 38.7. The van der Waals surface area contributed by atoms with Gasteiger partial charge in [0.15, 0.2) is 0 Å². The van der Waals surface area contributed by atoms with Gasteiger partial charge in [-0.3, -0.25) is 29.4 Å². The maximum absolute atomic E-state index is 12.7. The second-order valence-corrected chi connectivity index (χ2v) is 9.82. The average molecular weight is 485 g/mol. The summed E-state index contributed by atoms with van der Waals surface area (Å²) in [6.07, 6.45) is 5.89. The third-order valence-electron chi connectivity index (χ3n) is 7.45. The van der Waals surface area contributed by atoms with E-state index in [1.165, 1.54) is 4.90 Å². The zero-order valence-corrected chi connectivity index (χ0v) is 20.8. The van der Waals surface area contributed by atoms with E-state index in [2.05, 4.69) is 30.9 Å². The van der Waals surface area contributed by atoms with Gasteiger partial charge in [-0.1, -0.05) is 24.3 Å². The van der Waals surface area contributed by atoms with Gasteiger partial charge in [0.2, 0.25) is 0 Å². The topological polar surface area (TPSA) is 86.6 Å². The molecule has 0 unspecified atom stereocenters. The van der Waals surface area contributed by atoms with Crippen molar-refractivity contribution in [3.63, 3.8) is 0 Å². The van der Waals surface area contributed by atoms with Crippen LogP contribution >= 0.6 is 0 Å². The van der Waals surface area contributed by atoms with Crippen LogP contribution in [0.5, 0.6) is 0 Å². The molecule has 36 heavy (non-hydrogen) atoms. The lowest BCUT2D eigenvalue weighted by Gasteiger charge is -2.44. The van der Waals surface area contributed by atoms with Gasteiger partial charge in [0.1, 0.15) is 0 Å². The van der Waals surface area contributed by atoms with Crippen LogP contribution in [0, 0.1) is 13.8 Å². The highest BCUT2D eigenvalue weighted by molar-refractivity contribution is 6.21. The van der Waals surface area contributed by atoms with E-state index < -0.39 is 6.10 Å². The highest BCUT2D eigenvalue weighted by Gasteiger charge is 2.39. The predicted octanol–water partition coefficient (Wildman–Crippen LogP) is 4.41. The molecule has 0 bridgehead atoms. The van der Waals surface area contributed by atoms with Crippen LogP contribution in [-0.2, 0) is 0 Å². The van der Waals surface area contributed by atoms with Crippen LogP contribution in [-0.4, -0.2) is 55.9 Å². The molecule has 4 heterocycles. The number of rotatable bonds is 7. The largest absolute Gasteiger partial charge is 0.393 e. The number of aryl methyl sites for hydroxylation is 2. The fourth-order valence-electron chi connectivity index (χ4n) is 5.65. The van der Waals surface area contributed by atoms with Crippen molar-refractivity contribution in [2.24, 2.45) is 0 Å². The number of carbonyl (C=O) groups is 2. The van der Waals surface area contributed by atoms with Crippen LogP contribution in [0.25, 0.3) is 0 Å². The van der Waals surface area contributed by atoms with Crippen LogP contribution in [0.2, 0.25) is 0 Å². The van der Waals surface area contributed by atoms with Crippen molar-refractivity contribution in [2.75, 3.05) is 13.1 Å². The zero-order valence-electron chi connectivity index (χ0n) is 20.8. The van der Waals surface area contributed by atoms with Gasteiger partial charge < -0.3 is 5.11 Å². The summed E-state index contributed by atoms with van der Waals surface area (Å²) in [5.41, 5.74) is 5.14. The van der Waals surface area contributed by atoms with Gasteiger partial charge in [-0.15, -0.1) is 0 Å². The summed E-state index contributed by atoms with van der Waals surface area (Å²) in [6, 6.07) is 14.9. The number of aromatic nitrogens is 2. The molecule has 7 heteroatoms. The number of carbonyl (C=O) groups excluding carboxylic acids is 2. The molecule has 2 amide bonds. The third kappa shape index (κ3) is 4.56. The van der Waals surface area contributed by atoms with Crippen molar-refractivity contribution in [2.45, 2.75) is 57.7 Å². The van der Waals surface area contributed by atoms with Crippen molar-refractivity contribution in [3.8, 4) is 0 Å². The molecule has 0 aliphatic carbocycles. The maximum Gasteiger partial charge on any atom is 0.261 e. The Hall–Kier alpha value is -3.42. The fourth-order valence-corrected chi connectivity index (χ4v) is 5.65. The highest BCUT2D eigenvalue weighted by Crippen LogP contribution is 2.42. The number of aliphatic hydroxyl groups excluding tert-OH is 1. The normalized spacial score (nSPS) is 22.2. The van der Waals surface area contributed by atoms with Crippen LogP contribution in [0.1, 0.15) is 81.0 Å². The van der Waals surface area contributed by atoms with Crippen molar-refractivity contribution in [1.82, 2.24) is 19.8 Å². The number of piperidine rings is 1. The van der Waals surface area contributed by atoms with Gasteiger partial charge in [0.05, 0.1) is 40.7 Å². The lowest BCUT2D eigenvalue weighted by molar-refractivity contribution is -0.00659. The van der Waals surface area contributed by atoms with Crippen LogP contribution in [0.15, 0.2) is 60.9 Å². The number of pyridine rings is 2. The van der Waals surface area contributed by atoms with E-state index in [4.69, 9.17) is 9.97 Å². The van der Waals surface area contributed by atoms with Crippen LogP contribution < -0.4 is 0 Å². The van der Waals surface area contributed by atoms with E-state index in [9.17, 15) is 14.7 Å². The molecule has 1 aromatic carbocycles. The summed E-state index contributed by atoms with van der Waals surface area (Å²) in [5.74, 6) is -0.415. The Balaban J connectivity index is 1.35. The average Bonchev–Trinajstić information content (AvgIpc) is 3.12. The van der Waals surface area contributed by atoms with E-state index in [1.807, 2.05) is 24.5 Å². The molecule has 0 saturated carbocycles. The van der Waals surface area contributed by atoms with Crippen molar-refractivity contribution in [3.05, 3.63) is 94.6 Å². The van der Waals surface area contributed by atoms with E-state index >= 15 is 0 Å². The molecule has 3 aromatic rings. The second kappa shape index (κ2) is 10.3. The number of nitrogens with zero attached hydrogens (tertiary/aromatic N) is 4. The quantitative estimate of drug-likeness (QED) is 0.395. The number of fused-ring (bicyclic) bond motifs is 1. The fraction of sp³-hybridized carbons (Fsp3) is 0.379. The number of amides is 2. The minimum Gasteiger partial charge on any atom is -0.393 e. The molecule has 0 radical (unpaired) electrons. The molecular formula is C29H32N4O3. The Morgan fingerprint density at radius 3 is 1.78 bits per heavy atom. The van der Waals surface area contributed by atoms with Gasteiger partial charge in [-0.25, -0.2) is 0 Å². The number of hydrogen-bond acceptors (Lipinski definition) is 6. The number of aliphatic hydroxyl groups is 1. The summed E-state index contributed by atoms with van der Waals surface area (Å²) < 4.78 is 0. The van der Waals surface area contributed by atoms with Crippen LogP contribution in [0.4, 0.5) is 0 Å². The van der Waals surface area contributed by atoms with E-state index in [0.717, 1.165) is 35.5 Å². The number of imide groups is 1. The Morgan fingerprint density at radius 1 is 0.778 bits per heavy atom. The Kier molecular flexibility index (Phi) is 6.94. The lowest BCUT2D eigenvalue weighted by atomic mass is 9.87. The molecule has 0 spiro atoms. The Morgan fingerprint density at radius 2 is 1.28 bits per heavy atom. The number of benzene rings is 1. The minimum absolute atomic E-state index is 0.0411. The summed E-state index contributed by atoms with van der Waals surface area (Å²) in [6.45, 7) is 5.26. The molecule has 3 atom stereocenters. The summed E-state index contributed by atoms with van der Waals surface area (Å²) in [5, 5.41) is 10.9. The Bertz CT molecular complexity index is 1190. The molecule has 1 saturated heterocycles. The van der Waals surface area contributed by atoms with Gasteiger partial charge in [0.25, 0.3) is 11.8 Å². The first-order valence-corrected chi connectivity index (χ1v) is 12.7. The molecular weight excluding hydrogens is 452 g/mol. The second-order valence-electron chi connectivity index (χ2n) is 9.82. The Labute approximate surface area is 211 Å². The van der Waals surface area contributed by atoms with Gasteiger partial charge in [-0.2, -0.15) is 0 Å². The third-order valence-corrected chi connectivity index (χ3v) is 7.45. The van der Waals surface area contributed by atoms with Gasteiger partial charge in [0, 0.05) is 18.9 Å². The molecule has 2 aliphatic heterocycles. The first kappa shape index (κ1) is 24.3. The molecule has 1 N–H and O–H groups in total. The zero-order chi connectivity index (χ0) is 25.2. The molecule has 2 aromatic heterocycles. The number of hydrogen-bond donors (Lipinski definition) is 1. The van der Waals surface area contributed by atoms with Gasteiger partial charge >= 0.3 is 0 Å². The van der Waals surface area contributed by atoms with E-state index in [-0.39, 0.29) is 23.9 Å². The standard InChI is InChI=1S/C29H32N4O3/c1-19-9-7-13-30-26(19)24-17-21(34)18-25(27-20(2)10-8-14-31-27)32(24)15-5-6-16-33-28(35)22-11-3-4-12-23(22)29(33)36/h3-4,7-14,21,24-25,34H,5-6,15-18H2,1-2H3/t21-,24+,25-. The molecule has 2 aliphatic rings. The first-order chi connectivity index (χ1) is 17.5. The first-order valence-electron chi connectivity index (χ1n) is 12.7. The minimum atomic E-state index is -0.447. The van der Waals surface area contributed by atoms with Crippen molar-refractivity contribution >= 4 is 11.8 Å². The SMILES string of the molecule is Cc1cccnc1[C@H]1C[C@H](O)C[C@@H](c2ncccc2C)N1CCCCN1C(=O)c2ccccc2C1=O. The number of unbranched alkanes of at least 4 members (excludes halogenated alkanes) is 1. The highest BCUT2D eigenvalue weighted by atomic mass is 16.3. The summed E-state index contributed by atoms with van der Waals surface area (Å²) in [7, 11) is 0. The van der Waals surface area contributed by atoms with Crippen LogP contribution in [0.3, 0.4) is 0 Å².